The number of hydrogen-bond donors (Lipinski definition) is 0. The predicted molar refractivity (Wildman–Crippen MR) is 108 cm³/mol. The van der Waals surface area contributed by atoms with Crippen molar-refractivity contribution in [3.05, 3.63) is 59.8 Å². The average molecular weight is 340 g/mol. The molecule has 1 atom stereocenters. The number of benzene rings is 1. The first-order chi connectivity index (χ1) is 12.3. The van der Waals surface area contributed by atoms with Crippen LogP contribution >= 0.6 is 0 Å². The van der Waals surface area contributed by atoms with E-state index in [0.29, 0.717) is 0 Å². The monoisotopic (exact) mass is 339 g/mol. The third-order valence-electron chi connectivity index (χ3n) is 4.72. The number of nitrogens with zero attached hydrogens (tertiary/aromatic N) is 1. The fourth-order valence-electron chi connectivity index (χ4n) is 3.07. The summed E-state index contributed by atoms with van der Waals surface area (Å²) >= 11 is 0. The van der Waals surface area contributed by atoms with Crippen molar-refractivity contribution in [3.63, 3.8) is 0 Å². The van der Waals surface area contributed by atoms with E-state index in [1.54, 1.807) is 0 Å². The maximum Gasteiger partial charge on any atom is 0.0901 e. The molecule has 0 spiro atoms. The minimum Gasteiger partial charge on any atom is -0.371 e. The van der Waals surface area contributed by atoms with E-state index in [4.69, 9.17) is 4.74 Å². The average Bonchev–Trinajstić information content (AvgIpc) is 2.66. The van der Waals surface area contributed by atoms with Gasteiger partial charge in [-0.1, -0.05) is 88.4 Å². The van der Waals surface area contributed by atoms with E-state index in [2.05, 4.69) is 49.2 Å². The summed E-state index contributed by atoms with van der Waals surface area (Å²) in [5.41, 5.74) is 2.05. The highest BCUT2D eigenvalue weighted by Gasteiger charge is 2.28. The van der Waals surface area contributed by atoms with Crippen LogP contribution in [0.1, 0.15) is 70.8 Å². The first kappa shape index (κ1) is 19.7. The second kappa shape index (κ2) is 11.0. The van der Waals surface area contributed by atoms with Crippen molar-refractivity contribution >= 4 is 6.21 Å². The summed E-state index contributed by atoms with van der Waals surface area (Å²) in [6.45, 7) is 5.32. The molecule has 25 heavy (non-hydrogen) atoms. The molecule has 136 valence electrons. The summed E-state index contributed by atoms with van der Waals surface area (Å²) in [5, 5.41) is 0. The van der Waals surface area contributed by atoms with Crippen LogP contribution in [0.4, 0.5) is 0 Å². The van der Waals surface area contributed by atoms with E-state index in [-0.39, 0.29) is 5.60 Å². The Hall–Kier alpha value is -1.67. The molecule has 1 aliphatic carbocycles. The van der Waals surface area contributed by atoms with E-state index in [0.717, 1.165) is 37.1 Å². The quantitative estimate of drug-likeness (QED) is 0.334. The lowest BCUT2D eigenvalue weighted by molar-refractivity contribution is -0.0164. The summed E-state index contributed by atoms with van der Waals surface area (Å²) in [6.07, 6.45) is 18.0. The van der Waals surface area contributed by atoms with Crippen LogP contribution in [0.25, 0.3) is 0 Å². The zero-order chi connectivity index (χ0) is 17.8. The van der Waals surface area contributed by atoms with Gasteiger partial charge in [0.25, 0.3) is 0 Å². The van der Waals surface area contributed by atoms with Crippen molar-refractivity contribution in [3.8, 4) is 0 Å². The predicted octanol–water partition coefficient (Wildman–Crippen LogP) is 6.48. The molecule has 0 amide bonds. The first-order valence-corrected chi connectivity index (χ1v) is 9.90. The van der Waals surface area contributed by atoms with Crippen molar-refractivity contribution < 1.29 is 4.74 Å². The molecule has 2 nitrogen and oxygen atoms in total. The Labute approximate surface area is 153 Å². The second-order valence-corrected chi connectivity index (χ2v) is 6.91. The third-order valence-corrected chi connectivity index (χ3v) is 4.72. The van der Waals surface area contributed by atoms with Crippen molar-refractivity contribution in [1.29, 1.82) is 0 Å². The highest BCUT2D eigenvalue weighted by atomic mass is 16.5. The van der Waals surface area contributed by atoms with Crippen molar-refractivity contribution in [2.24, 2.45) is 4.99 Å². The standard InChI is InChI=1S/C23H33NO/c1-3-5-7-11-16-23(25-19-6-4-2)17-14-22(15-18-23)24-20-21-12-9-8-10-13-21/h8-10,12-15,17,20H,3-7,11,16,18-19H2,1-2H3. The van der Waals surface area contributed by atoms with Gasteiger partial charge >= 0.3 is 0 Å². The summed E-state index contributed by atoms with van der Waals surface area (Å²) in [7, 11) is 0. The van der Waals surface area contributed by atoms with Gasteiger partial charge < -0.3 is 4.74 Å². The van der Waals surface area contributed by atoms with Crippen LogP contribution in [-0.2, 0) is 4.74 Å². The molecule has 0 saturated carbocycles. The number of rotatable bonds is 11. The van der Waals surface area contributed by atoms with E-state index < -0.39 is 0 Å². The zero-order valence-electron chi connectivity index (χ0n) is 15.9. The lowest BCUT2D eigenvalue weighted by Crippen LogP contribution is -2.31. The molecule has 2 rings (SSSR count). The minimum atomic E-state index is -0.116. The molecule has 0 fully saturated rings. The van der Waals surface area contributed by atoms with Gasteiger partial charge in [0.2, 0.25) is 0 Å². The molecule has 0 saturated heterocycles. The second-order valence-electron chi connectivity index (χ2n) is 6.91. The van der Waals surface area contributed by atoms with Gasteiger partial charge in [-0.25, -0.2) is 0 Å². The Morgan fingerprint density at radius 3 is 2.52 bits per heavy atom. The molecule has 2 heteroatoms. The highest BCUT2D eigenvalue weighted by molar-refractivity contribution is 5.80. The number of unbranched alkanes of at least 4 members (excludes halogenated alkanes) is 4. The molecule has 0 aromatic heterocycles. The molecule has 1 aromatic rings. The summed E-state index contributed by atoms with van der Waals surface area (Å²) in [4.78, 5) is 4.62. The largest absolute Gasteiger partial charge is 0.371 e. The smallest absolute Gasteiger partial charge is 0.0901 e. The lowest BCUT2D eigenvalue weighted by atomic mass is 9.88. The molecule has 0 aliphatic heterocycles. The van der Waals surface area contributed by atoms with Gasteiger partial charge in [-0.2, -0.15) is 0 Å². The Kier molecular flexibility index (Phi) is 8.68. The molecular weight excluding hydrogens is 306 g/mol. The van der Waals surface area contributed by atoms with Crippen LogP contribution in [0.2, 0.25) is 0 Å². The van der Waals surface area contributed by atoms with Crippen molar-refractivity contribution in [2.75, 3.05) is 6.61 Å². The molecule has 1 unspecified atom stereocenters. The fourth-order valence-corrected chi connectivity index (χ4v) is 3.07. The normalized spacial score (nSPS) is 20.2. The molecule has 0 bridgehead atoms. The van der Waals surface area contributed by atoms with E-state index in [1.165, 1.54) is 32.1 Å². The molecular formula is C23H33NO. The van der Waals surface area contributed by atoms with Crippen LogP contribution in [0.5, 0.6) is 0 Å². The number of ether oxygens (including phenoxy) is 1. The van der Waals surface area contributed by atoms with Crippen LogP contribution in [-0.4, -0.2) is 18.4 Å². The zero-order valence-corrected chi connectivity index (χ0v) is 15.9. The van der Waals surface area contributed by atoms with Crippen LogP contribution in [0.3, 0.4) is 0 Å². The highest BCUT2D eigenvalue weighted by Crippen LogP contribution is 2.31. The van der Waals surface area contributed by atoms with Gasteiger partial charge in [0, 0.05) is 19.2 Å². The summed E-state index contributed by atoms with van der Waals surface area (Å²) in [5.74, 6) is 0. The van der Waals surface area contributed by atoms with Gasteiger partial charge in [0.15, 0.2) is 0 Å². The van der Waals surface area contributed by atoms with E-state index in [9.17, 15) is 0 Å². The Morgan fingerprint density at radius 2 is 1.84 bits per heavy atom. The minimum absolute atomic E-state index is 0.116. The molecule has 0 radical (unpaired) electrons. The Bertz CT molecular complexity index is 573. The Morgan fingerprint density at radius 1 is 1.04 bits per heavy atom. The fraction of sp³-hybridized carbons (Fsp3) is 0.522. The molecule has 1 aliphatic rings. The maximum absolute atomic E-state index is 6.32. The van der Waals surface area contributed by atoms with Gasteiger partial charge in [0.1, 0.15) is 0 Å². The number of allylic oxidation sites excluding steroid dienone is 1. The van der Waals surface area contributed by atoms with Gasteiger partial charge in [-0.15, -0.1) is 0 Å². The van der Waals surface area contributed by atoms with Crippen LogP contribution < -0.4 is 0 Å². The maximum atomic E-state index is 6.32. The van der Waals surface area contributed by atoms with Crippen molar-refractivity contribution in [2.45, 2.75) is 70.8 Å². The van der Waals surface area contributed by atoms with Crippen LogP contribution in [0.15, 0.2) is 59.2 Å². The lowest BCUT2D eigenvalue weighted by Gasteiger charge is -2.32. The van der Waals surface area contributed by atoms with Crippen molar-refractivity contribution in [1.82, 2.24) is 0 Å². The van der Waals surface area contributed by atoms with E-state index in [1.807, 2.05) is 24.4 Å². The van der Waals surface area contributed by atoms with Gasteiger partial charge in [-0.05, 0) is 24.5 Å². The van der Waals surface area contributed by atoms with E-state index >= 15 is 0 Å². The molecule has 0 N–H and O–H groups in total. The first-order valence-electron chi connectivity index (χ1n) is 9.90. The van der Waals surface area contributed by atoms with Gasteiger partial charge in [-0.3, -0.25) is 4.99 Å². The SMILES string of the molecule is CCCCCCC1(OCCCC)C=CC(N=Cc2ccccc2)=CC1. The number of hydrogen-bond acceptors (Lipinski definition) is 2. The third kappa shape index (κ3) is 6.99. The molecule has 1 aromatic carbocycles. The van der Waals surface area contributed by atoms with Crippen LogP contribution in [0, 0.1) is 0 Å². The topological polar surface area (TPSA) is 21.6 Å². The Balaban J connectivity index is 1.94. The summed E-state index contributed by atoms with van der Waals surface area (Å²) < 4.78 is 6.32. The summed E-state index contributed by atoms with van der Waals surface area (Å²) in [6, 6.07) is 10.2. The molecule has 0 heterocycles. The van der Waals surface area contributed by atoms with Gasteiger partial charge in [0.05, 0.1) is 11.3 Å². The number of aliphatic imine (C=N–C) groups is 1.